The lowest BCUT2D eigenvalue weighted by Crippen LogP contribution is -2.41. The van der Waals surface area contributed by atoms with E-state index in [1.165, 1.54) is 4.88 Å². The van der Waals surface area contributed by atoms with Crippen molar-refractivity contribution in [2.75, 3.05) is 13.2 Å². The summed E-state index contributed by atoms with van der Waals surface area (Å²) in [6, 6.07) is 4.65. The van der Waals surface area contributed by atoms with Gasteiger partial charge in [0, 0.05) is 17.5 Å². The molecule has 1 aromatic heterocycles. The van der Waals surface area contributed by atoms with Crippen molar-refractivity contribution in [3.8, 4) is 0 Å². The molecule has 0 amide bonds. The first-order valence-electron chi connectivity index (χ1n) is 4.26. The summed E-state index contributed by atoms with van der Waals surface area (Å²) in [7, 11) is 0. The molecule has 1 aliphatic heterocycles. The number of thiophene rings is 1. The second kappa shape index (κ2) is 3.56. The smallest absolute Gasteiger partial charge is 0.107 e. The summed E-state index contributed by atoms with van der Waals surface area (Å²) in [6.45, 7) is 3.97. The first-order chi connectivity index (χ1) is 5.88. The zero-order valence-corrected chi connectivity index (χ0v) is 7.93. The molecule has 1 fully saturated rings. The van der Waals surface area contributed by atoms with Crippen molar-refractivity contribution in [3.05, 3.63) is 22.4 Å². The Labute approximate surface area is 76.6 Å². The molecule has 0 aromatic carbocycles. The number of rotatable bonds is 1. The van der Waals surface area contributed by atoms with E-state index in [1.807, 2.05) is 0 Å². The largest absolute Gasteiger partial charge is 0.370 e. The molecule has 0 radical (unpaired) electrons. The second-order valence-electron chi connectivity index (χ2n) is 3.05. The Balaban J connectivity index is 2.11. The molecular weight excluding hydrogens is 170 g/mol. The Bertz CT molecular complexity index is 235. The summed E-state index contributed by atoms with van der Waals surface area (Å²) >= 11 is 1.77. The highest BCUT2D eigenvalue weighted by Gasteiger charge is 2.23. The third-order valence-electron chi connectivity index (χ3n) is 2.14. The van der Waals surface area contributed by atoms with Crippen molar-refractivity contribution in [2.24, 2.45) is 0 Å². The van der Waals surface area contributed by atoms with Gasteiger partial charge in [-0.05, 0) is 18.4 Å². The SMILES string of the molecule is CC1NCCOC1c1cccs1. The summed E-state index contributed by atoms with van der Waals surface area (Å²) in [5, 5.41) is 5.50. The van der Waals surface area contributed by atoms with Gasteiger partial charge in [-0.2, -0.15) is 0 Å². The van der Waals surface area contributed by atoms with E-state index >= 15 is 0 Å². The lowest BCUT2D eigenvalue weighted by Gasteiger charge is -2.29. The number of hydrogen-bond acceptors (Lipinski definition) is 3. The van der Waals surface area contributed by atoms with Crippen molar-refractivity contribution < 1.29 is 4.74 Å². The maximum Gasteiger partial charge on any atom is 0.107 e. The number of hydrogen-bond donors (Lipinski definition) is 1. The molecule has 1 aliphatic rings. The van der Waals surface area contributed by atoms with Crippen LogP contribution < -0.4 is 5.32 Å². The van der Waals surface area contributed by atoms with Crippen molar-refractivity contribution in [3.63, 3.8) is 0 Å². The van der Waals surface area contributed by atoms with Crippen molar-refractivity contribution in [1.82, 2.24) is 5.32 Å². The van der Waals surface area contributed by atoms with Gasteiger partial charge in [-0.15, -0.1) is 11.3 Å². The van der Waals surface area contributed by atoms with Crippen molar-refractivity contribution in [1.29, 1.82) is 0 Å². The van der Waals surface area contributed by atoms with Crippen LogP contribution in [0.1, 0.15) is 17.9 Å². The third kappa shape index (κ3) is 1.53. The predicted octanol–water partition coefficient (Wildman–Crippen LogP) is 1.80. The zero-order chi connectivity index (χ0) is 8.39. The second-order valence-corrected chi connectivity index (χ2v) is 4.03. The van der Waals surface area contributed by atoms with E-state index in [0.29, 0.717) is 6.04 Å². The molecule has 1 aromatic rings. The van der Waals surface area contributed by atoms with Gasteiger partial charge in [-0.1, -0.05) is 6.07 Å². The monoisotopic (exact) mass is 183 g/mol. The van der Waals surface area contributed by atoms with Crippen LogP contribution in [0.4, 0.5) is 0 Å². The van der Waals surface area contributed by atoms with Gasteiger partial charge in [0.2, 0.25) is 0 Å². The maximum absolute atomic E-state index is 5.68. The van der Waals surface area contributed by atoms with E-state index in [0.717, 1.165) is 13.2 Å². The first kappa shape index (κ1) is 8.23. The van der Waals surface area contributed by atoms with E-state index in [4.69, 9.17) is 4.74 Å². The standard InChI is InChI=1S/C9H13NOS/c1-7-9(11-5-4-10-7)8-3-2-6-12-8/h2-3,6-7,9-10H,4-5H2,1H3. The van der Waals surface area contributed by atoms with Crippen LogP contribution in [0.15, 0.2) is 17.5 Å². The highest BCUT2D eigenvalue weighted by Crippen LogP contribution is 2.26. The fraction of sp³-hybridized carbons (Fsp3) is 0.556. The quantitative estimate of drug-likeness (QED) is 0.717. The molecule has 2 nitrogen and oxygen atoms in total. The van der Waals surface area contributed by atoms with E-state index in [9.17, 15) is 0 Å². The van der Waals surface area contributed by atoms with E-state index < -0.39 is 0 Å². The summed E-state index contributed by atoms with van der Waals surface area (Å²) in [5.74, 6) is 0. The Kier molecular flexibility index (Phi) is 2.44. The van der Waals surface area contributed by atoms with Crippen LogP contribution in [0.3, 0.4) is 0 Å². The topological polar surface area (TPSA) is 21.3 Å². The molecule has 3 heteroatoms. The Morgan fingerprint density at radius 1 is 1.67 bits per heavy atom. The minimum atomic E-state index is 0.263. The van der Waals surface area contributed by atoms with E-state index in [-0.39, 0.29) is 6.10 Å². The Morgan fingerprint density at radius 2 is 2.58 bits per heavy atom. The highest BCUT2D eigenvalue weighted by molar-refractivity contribution is 7.10. The molecule has 1 saturated heterocycles. The van der Waals surface area contributed by atoms with Gasteiger partial charge in [0.25, 0.3) is 0 Å². The molecule has 2 rings (SSSR count). The maximum atomic E-state index is 5.68. The minimum Gasteiger partial charge on any atom is -0.370 e. The number of ether oxygens (including phenoxy) is 1. The van der Waals surface area contributed by atoms with Gasteiger partial charge < -0.3 is 10.1 Å². The molecule has 2 atom stereocenters. The summed E-state index contributed by atoms with van der Waals surface area (Å²) in [4.78, 5) is 1.33. The van der Waals surface area contributed by atoms with Crippen LogP contribution in [-0.4, -0.2) is 19.2 Å². The summed E-state index contributed by atoms with van der Waals surface area (Å²) in [6.07, 6.45) is 0.263. The van der Waals surface area contributed by atoms with Gasteiger partial charge in [0.05, 0.1) is 6.61 Å². The fourth-order valence-corrected chi connectivity index (χ4v) is 2.38. The molecule has 1 N–H and O–H groups in total. The van der Waals surface area contributed by atoms with Crippen LogP contribution >= 0.6 is 11.3 Å². The highest BCUT2D eigenvalue weighted by atomic mass is 32.1. The van der Waals surface area contributed by atoms with Crippen LogP contribution in [0.5, 0.6) is 0 Å². The van der Waals surface area contributed by atoms with Crippen LogP contribution in [0, 0.1) is 0 Å². The number of morpholine rings is 1. The molecule has 0 aliphatic carbocycles. The van der Waals surface area contributed by atoms with Gasteiger partial charge in [0.15, 0.2) is 0 Å². The molecule has 66 valence electrons. The van der Waals surface area contributed by atoms with Crippen LogP contribution in [-0.2, 0) is 4.74 Å². The molecule has 12 heavy (non-hydrogen) atoms. The third-order valence-corrected chi connectivity index (χ3v) is 3.08. The minimum absolute atomic E-state index is 0.263. The zero-order valence-electron chi connectivity index (χ0n) is 7.12. The molecule has 2 heterocycles. The summed E-state index contributed by atoms with van der Waals surface area (Å²) < 4.78 is 5.68. The normalized spacial score (nSPS) is 30.4. The Hall–Kier alpha value is -0.380. The molecule has 0 bridgehead atoms. The molecule has 0 saturated carbocycles. The first-order valence-corrected chi connectivity index (χ1v) is 5.14. The molecule has 2 unspecified atom stereocenters. The fourth-order valence-electron chi connectivity index (χ4n) is 1.51. The lowest BCUT2D eigenvalue weighted by atomic mass is 10.1. The van der Waals surface area contributed by atoms with Crippen LogP contribution in [0.2, 0.25) is 0 Å². The van der Waals surface area contributed by atoms with Crippen molar-refractivity contribution in [2.45, 2.75) is 19.1 Å². The van der Waals surface area contributed by atoms with Crippen LogP contribution in [0.25, 0.3) is 0 Å². The van der Waals surface area contributed by atoms with Gasteiger partial charge >= 0.3 is 0 Å². The van der Waals surface area contributed by atoms with E-state index in [1.54, 1.807) is 11.3 Å². The van der Waals surface area contributed by atoms with Crippen molar-refractivity contribution >= 4 is 11.3 Å². The average molecular weight is 183 g/mol. The Morgan fingerprint density at radius 3 is 3.25 bits per heavy atom. The number of nitrogens with one attached hydrogen (secondary N) is 1. The molecular formula is C9H13NOS. The average Bonchev–Trinajstić information content (AvgIpc) is 2.57. The molecule has 0 spiro atoms. The van der Waals surface area contributed by atoms with Gasteiger partial charge in [0.1, 0.15) is 6.10 Å². The van der Waals surface area contributed by atoms with Gasteiger partial charge in [-0.25, -0.2) is 0 Å². The summed E-state index contributed by atoms with van der Waals surface area (Å²) in [5.41, 5.74) is 0. The predicted molar refractivity (Wildman–Crippen MR) is 50.5 cm³/mol. The van der Waals surface area contributed by atoms with Gasteiger partial charge in [-0.3, -0.25) is 0 Å². The van der Waals surface area contributed by atoms with E-state index in [2.05, 4.69) is 29.8 Å². The lowest BCUT2D eigenvalue weighted by molar-refractivity contribution is 0.00200.